The Balaban J connectivity index is 1.62. The second kappa shape index (κ2) is 9.47. The number of ether oxygens (including phenoxy) is 1. The van der Waals surface area contributed by atoms with Crippen LogP contribution in [0.3, 0.4) is 0 Å². The smallest absolute Gasteiger partial charge is 0.174 e. The largest absolute Gasteiger partial charge is 0.495 e. The monoisotopic (exact) mass is 529 g/mol. The predicted molar refractivity (Wildman–Crippen MR) is 140 cm³/mol. The molecule has 0 bridgehead atoms. The van der Waals surface area contributed by atoms with Gasteiger partial charge in [-0.15, -0.1) is 0 Å². The molecule has 2 atom stereocenters. The molecule has 4 aromatic rings. The Hall–Kier alpha value is -2.77. The SMILES string of the molecule is COc1ccc(N2C(=S)N[C@@H](c3ccccn3)[C@@H]2c2ccc(-c3cccc(Cl)c3Cl)o2)cc1Cl. The van der Waals surface area contributed by atoms with Crippen LogP contribution in [-0.4, -0.2) is 17.2 Å². The third-order valence-electron chi connectivity index (χ3n) is 5.65. The lowest BCUT2D eigenvalue weighted by Gasteiger charge is -2.26. The van der Waals surface area contributed by atoms with Gasteiger partial charge in [-0.3, -0.25) is 4.98 Å². The number of halogens is 3. The van der Waals surface area contributed by atoms with E-state index in [0.717, 1.165) is 11.4 Å². The van der Waals surface area contributed by atoms with Crippen molar-refractivity contribution in [3.63, 3.8) is 0 Å². The van der Waals surface area contributed by atoms with Crippen LogP contribution in [0.2, 0.25) is 15.1 Å². The highest BCUT2D eigenvalue weighted by atomic mass is 35.5. The van der Waals surface area contributed by atoms with Crippen LogP contribution in [-0.2, 0) is 0 Å². The zero-order chi connectivity index (χ0) is 23.8. The molecule has 0 amide bonds. The highest BCUT2D eigenvalue weighted by Gasteiger charge is 2.42. The van der Waals surface area contributed by atoms with E-state index in [-0.39, 0.29) is 12.1 Å². The summed E-state index contributed by atoms with van der Waals surface area (Å²) in [6.07, 6.45) is 1.75. The van der Waals surface area contributed by atoms with Crippen molar-refractivity contribution in [3.05, 3.63) is 99.4 Å². The summed E-state index contributed by atoms with van der Waals surface area (Å²) in [5, 5.41) is 5.30. The van der Waals surface area contributed by atoms with Gasteiger partial charge in [-0.2, -0.15) is 0 Å². The van der Waals surface area contributed by atoms with Gasteiger partial charge in [0, 0.05) is 17.4 Å². The summed E-state index contributed by atoms with van der Waals surface area (Å²) in [4.78, 5) is 6.53. The Morgan fingerprint density at radius 1 is 1.00 bits per heavy atom. The van der Waals surface area contributed by atoms with E-state index < -0.39 is 0 Å². The molecule has 1 fully saturated rings. The normalized spacial score (nSPS) is 17.6. The Bertz CT molecular complexity index is 1360. The third kappa shape index (κ3) is 4.12. The number of methoxy groups -OCH3 is 1. The average molecular weight is 531 g/mol. The van der Waals surface area contributed by atoms with Crippen molar-refractivity contribution in [1.29, 1.82) is 0 Å². The fraction of sp³-hybridized carbons (Fsp3) is 0.120. The summed E-state index contributed by atoms with van der Waals surface area (Å²) >= 11 is 24.9. The van der Waals surface area contributed by atoms with Crippen molar-refractivity contribution in [2.45, 2.75) is 12.1 Å². The molecule has 9 heteroatoms. The summed E-state index contributed by atoms with van der Waals surface area (Å²) < 4.78 is 11.7. The molecule has 5 nitrogen and oxygen atoms in total. The number of furan rings is 1. The van der Waals surface area contributed by atoms with E-state index in [4.69, 9.17) is 56.2 Å². The molecular formula is C25H18Cl3N3O2S. The van der Waals surface area contributed by atoms with Crippen LogP contribution in [0.5, 0.6) is 5.75 Å². The van der Waals surface area contributed by atoms with Gasteiger partial charge in [0.2, 0.25) is 0 Å². The minimum atomic E-state index is -0.335. The van der Waals surface area contributed by atoms with Crippen molar-refractivity contribution >= 4 is 57.8 Å². The van der Waals surface area contributed by atoms with E-state index in [0.29, 0.717) is 43.0 Å². The molecule has 0 saturated carbocycles. The highest BCUT2D eigenvalue weighted by molar-refractivity contribution is 7.80. The van der Waals surface area contributed by atoms with E-state index >= 15 is 0 Å². The average Bonchev–Trinajstić information content (AvgIpc) is 3.46. The van der Waals surface area contributed by atoms with E-state index in [1.165, 1.54) is 0 Å². The third-order valence-corrected chi connectivity index (χ3v) is 7.08. The topological polar surface area (TPSA) is 50.5 Å². The molecule has 34 heavy (non-hydrogen) atoms. The van der Waals surface area contributed by atoms with Crippen molar-refractivity contribution < 1.29 is 9.15 Å². The van der Waals surface area contributed by atoms with Crippen molar-refractivity contribution in [3.8, 4) is 17.1 Å². The molecule has 5 rings (SSSR count). The molecule has 1 saturated heterocycles. The van der Waals surface area contributed by atoms with Crippen LogP contribution in [0.1, 0.15) is 23.5 Å². The highest BCUT2D eigenvalue weighted by Crippen LogP contribution is 2.45. The Kier molecular flexibility index (Phi) is 6.40. The van der Waals surface area contributed by atoms with Gasteiger partial charge in [0.15, 0.2) is 5.11 Å². The van der Waals surface area contributed by atoms with Gasteiger partial charge in [0.05, 0.1) is 33.9 Å². The quantitative estimate of drug-likeness (QED) is 0.270. The lowest BCUT2D eigenvalue weighted by atomic mass is 10.0. The van der Waals surface area contributed by atoms with Crippen molar-refractivity contribution in [1.82, 2.24) is 10.3 Å². The van der Waals surface area contributed by atoms with Gasteiger partial charge >= 0.3 is 0 Å². The summed E-state index contributed by atoms with van der Waals surface area (Å²) in [6, 6.07) is 19.9. The van der Waals surface area contributed by atoms with Gasteiger partial charge in [0.1, 0.15) is 23.3 Å². The maximum atomic E-state index is 6.44. The van der Waals surface area contributed by atoms with Gasteiger partial charge in [0.25, 0.3) is 0 Å². The molecule has 172 valence electrons. The standard InChI is InChI=1S/C25H18Cl3N3O2S/c1-32-20-9-8-14(13-17(20)27)31-24(23(30-25(31)34)18-7-2-3-12-29-18)21-11-10-19(33-21)15-5-4-6-16(26)22(15)28/h2-13,23-24H,1H3,(H,30,34)/t23-,24-/m0/s1. The van der Waals surface area contributed by atoms with E-state index in [1.807, 2.05) is 65.6 Å². The molecule has 1 N–H and O–H groups in total. The van der Waals surface area contributed by atoms with Crippen LogP contribution < -0.4 is 15.0 Å². The van der Waals surface area contributed by atoms with Crippen LogP contribution in [0, 0.1) is 0 Å². The number of nitrogens with zero attached hydrogens (tertiary/aromatic N) is 2. The molecule has 0 unspecified atom stereocenters. The van der Waals surface area contributed by atoms with Crippen LogP contribution in [0.25, 0.3) is 11.3 Å². The molecule has 0 radical (unpaired) electrons. The number of pyridine rings is 1. The second-order valence-corrected chi connectivity index (χ2v) is 9.20. The Morgan fingerprint density at radius 3 is 2.59 bits per heavy atom. The second-order valence-electron chi connectivity index (χ2n) is 7.62. The van der Waals surface area contributed by atoms with Crippen molar-refractivity contribution in [2.24, 2.45) is 0 Å². The number of nitrogens with one attached hydrogen (secondary N) is 1. The van der Waals surface area contributed by atoms with Crippen LogP contribution in [0.4, 0.5) is 5.69 Å². The maximum Gasteiger partial charge on any atom is 0.174 e. The number of aromatic nitrogens is 1. The zero-order valence-corrected chi connectivity index (χ0v) is 20.9. The first kappa shape index (κ1) is 23.0. The maximum absolute atomic E-state index is 6.44. The first-order valence-corrected chi connectivity index (χ1v) is 11.9. The lowest BCUT2D eigenvalue weighted by Crippen LogP contribution is -2.29. The number of hydrogen-bond acceptors (Lipinski definition) is 4. The number of hydrogen-bond donors (Lipinski definition) is 1. The van der Waals surface area contributed by atoms with Crippen LogP contribution in [0.15, 0.2) is 77.3 Å². The first-order valence-electron chi connectivity index (χ1n) is 10.4. The van der Waals surface area contributed by atoms with Gasteiger partial charge < -0.3 is 19.4 Å². The summed E-state index contributed by atoms with van der Waals surface area (Å²) in [5.41, 5.74) is 2.34. The Morgan fingerprint density at radius 2 is 1.85 bits per heavy atom. The summed E-state index contributed by atoms with van der Waals surface area (Å²) in [6.45, 7) is 0. The number of anilines is 1. The predicted octanol–water partition coefficient (Wildman–Crippen LogP) is 7.49. The summed E-state index contributed by atoms with van der Waals surface area (Å²) in [5.74, 6) is 1.87. The molecule has 1 aliphatic heterocycles. The fourth-order valence-corrected chi connectivity index (χ4v) is 5.07. The molecule has 0 aliphatic carbocycles. The molecule has 3 heterocycles. The lowest BCUT2D eigenvalue weighted by molar-refractivity contribution is 0.415. The molecule has 1 aliphatic rings. The van der Waals surface area contributed by atoms with Gasteiger partial charge in [-0.05, 0) is 66.8 Å². The minimum absolute atomic E-state index is 0.261. The number of thiocarbonyl (C=S) groups is 1. The summed E-state index contributed by atoms with van der Waals surface area (Å²) in [7, 11) is 1.58. The van der Waals surface area contributed by atoms with Gasteiger partial charge in [-0.25, -0.2) is 0 Å². The van der Waals surface area contributed by atoms with Crippen molar-refractivity contribution in [2.75, 3.05) is 12.0 Å². The van der Waals surface area contributed by atoms with E-state index in [9.17, 15) is 0 Å². The van der Waals surface area contributed by atoms with E-state index in [1.54, 1.807) is 19.4 Å². The van der Waals surface area contributed by atoms with Gasteiger partial charge in [-0.1, -0.05) is 46.9 Å². The fourth-order valence-electron chi connectivity index (χ4n) is 4.08. The van der Waals surface area contributed by atoms with Crippen LogP contribution >= 0.6 is 47.0 Å². The van der Waals surface area contributed by atoms with E-state index in [2.05, 4.69) is 10.3 Å². The number of rotatable bonds is 5. The molecule has 2 aromatic carbocycles. The zero-order valence-electron chi connectivity index (χ0n) is 17.8. The molecule has 0 spiro atoms. The molecular weight excluding hydrogens is 513 g/mol. The number of benzene rings is 2. The molecule has 2 aromatic heterocycles. The first-order chi connectivity index (χ1) is 16.5. The Labute approximate surface area is 217 Å². The minimum Gasteiger partial charge on any atom is -0.495 e.